The van der Waals surface area contributed by atoms with E-state index in [4.69, 9.17) is 5.73 Å². The number of carbonyl (C=O) groups excluding carboxylic acids is 2. The number of nitrogens with one attached hydrogen (secondary N) is 2. The first kappa shape index (κ1) is 24.1. The quantitative estimate of drug-likeness (QED) is 0.580. The van der Waals surface area contributed by atoms with Crippen molar-refractivity contribution < 1.29 is 9.59 Å². The maximum absolute atomic E-state index is 12.5. The Hall–Kier alpha value is -0.890. The number of nitrogens with zero attached hydrogens (tertiary/aromatic N) is 1. The van der Waals surface area contributed by atoms with Crippen molar-refractivity contribution in [3.63, 3.8) is 0 Å². The molecule has 1 unspecified atom stereocenters. The fourth-order valence-electron chi connectivity index (χ4n) is 3.83. The van der Waals surface area contributed by atoms with Gasteiger partial charge >= 0.3 is 0 Å². The van der Waals surface area contributed by atoms with Gasteiger partial charge in [0, 0.05) is 37.0 Å². The SMILES string of the molecule is Cl.Cl.NC(CNC(=O)CC1(CC(=O)Nc2nccs2)CCCCC1)C1CC1. The maximum atomic E-state index is 12.5. The van der Waals surface area contributed by atoms with E-state index in [1.165, 1.54) is 30.6 Å². The van der Waals surface area contributed by atoms with Crippen LogP contribution in [-0.2, 0) is 9.59 Å². The summed E-state index contributed by atoms with van der Waals surface area (Å²) in [7, 11) is 0. The molecule has 0 bridgehead atoms. The molecule has 27 heavy (non-hydrogen) atoms. The van der Waals surface area contributed by atoms with Crippen molar-refractivity contribution in [1.29, 1.82) is 0 Å². The molecule has 1 aromatic rings. The molecule has 2 amide bonds. The molecule has 1 aromatic heterocycles. The van der Waals surface area contributed by atoms with E-state index < -0.39 is 0 Å². The van der Waals surface area contributed by atoms with Crippen molar-refractivity contribution in [2.45, 2.75) is 63.8 Å². The minimum atomic E-state index is -0.229. The van der Waals surface area contributed by atoms with Crippen LogP contribution in [-0.4, -0.2) is 29.4 Å². The predicted molar refractivity (Wildman–Crippen MR) is 114 cm³/mol. The van der Waals surface area contributed by atoms with Crippen molar-refractivity contribution in [1.82, 2.24) is 10.3 Å². The van der Waals surface area contributed by atoms with Gasteiger partial charge in [-0.3, -0.25) is 9.59 Å². The number of thiazole rings is 1. The lowest BCUT2D eigenvalue weighted by Crippen LogP contribution is -2.41. The summed E-state index contributed by atoms with van der Waals surface area (Å²) in [5.41, 5.74) is 5.84. The van der Waals surface area contributed by atoms with Crippen LogP contribution in [0.3, 0.4) is 0 Å². The van der Waals surface area contributed by atoms with Crippen molar-refractivity contribution in [3.8, 4) is 0 Å². The highest BCUT2D eigenvalue weighted by Crippen LogP contribution is 2.42. The molecule has 0 saturated heterocycles. The van der Waals surface area contributed by atoms with Gasteiger partial charge in [-0.15, -0.1) is 36.2 Å². The van der Waals surface area contributed by atoms with E-state index in [9.17, 15) is 9.59 Å². The lowest BCUT2D eigenvalue weighted by atomic mass is 9.69. The standard InChI is InChI=1S/C18H28N4O2S.2ClH/c19-14(13-4-5-13)12-21-15(23)10-18(6-2-1-3-7-18)11-16(24)22-17-20-8-9-25-17;;/h8-9,13-14H,1-7,10-12,19H2,(H,21,23)(H,20,22,24);2*1H. The van der Waals surface area contributed by atoms with Crippen molar-refractivity contribution in [3.05, 3.63) is 11.6 Å². The average Bonchev–Trinajstić information content (AvgIpc) is 3.31. The van der Waals surface area contributed by atoms with E-state index in [0.717, 1.165) is 25.7 Å². The summed E-state index contributed by atoms with van der Waals surface area (Å²) in [6, 6.07) is 0.0689. The summed E-state index contributed by atoms with van der Waals surface area (Å²) < 4.78 is 0. The summed E-state index contributed by atoms with van der Waals surface area (Å²) in [6.45, 7) is 0.547. The van der Waals surface area contributed by atoms with E-state index in [1.54, 1.807) is 6.20 Å². The minimum Gasteiger partial charge on any atom is -0.355 e. The van der Waals surface area contributed by atoms with E-state index in [2.05, 4.69) is 15.6 Å². The van der Waals surface area contributed by atoms with Crippen molar-refractivity contribution >= 4 is 53.1 Å². The molecule has 2 aliphatic rings. The molecule has 0 aliphatic heterocycles. The van der Waals surface area contributed by atoms with Gasteiger partial charge in [-0.25, -0.2) is 4.98 Å². The first-order chi connectivity index (χ1) is 12.1. The van der Waals surface area contributed by atoms with Gasteiger partial charge in [-0.1, -0.05) is 19.3 Å². The van der Waals surface area contributed by atoms with E-state index in [0.29, 0.717) is 30.4 Å². The van der Waals surface area contributed by atoms with Crippen LogP contribution in [0.4, 0.5) is 5.13 Å². The van der Waals surface area contributed by atoms with Gasteiger partial charge in [0.25, 0.3) is 0 Å². The monoisotopic (exact) mass is 436 g/mol. The molecule has 2 fully saturated rings. The highest BCUT2D eigenvalue weighted by atomic mass is 35.5. The first-order valence-electron chi connectivity index (χ1n) is 9.28. The molecule has 2 aliphatic carbocycles. The summed E-state index contributed by atoms with van der Waals surface area (Å²) in [5.74, 6) is 0.562. The lowest BCUT2D eigenvalue weighted by Gasteiger charge is -2.36. The highest BCUT2D eigenvalue weighted by molar-refractivity contribution is 7.13. The Kier molecular flexibility index (Phi) is 10.0. The minimum absolute atomic E-state index is 0. The Bertz CT molecular complexity index is 590. The van der Waals surface area contributed by atoms with Crippen LogP contribution in [0.2, 0.25) is 0 Å². The van der Waals surface area contributed by atoms with Crippen LogP contribution in [0.5, 0.6) is 0 Å². The van der Waals surface area contributed by atoms with Gasteiger partial charge in [0.1, 0.15) is 0 Å². The predicted octanol–water partition coefficient (Wildman–Crippen LogP) is 3.51. The topological polar surface area (TPSA) is 97.1 Å². The van der Waals surface area contributed by atoms with Crippen molar-refractivity contribution in [2.75, 3.05) is 11.9 Å². The zero-order valence-corrected chi connectivity index (χ0v) is 17.9. The third-order valence-electron chi connectivity index (χ3n) is 5.43. The van der Waals surface area contributed by atoms with Crippen LogP contribution in [0.1, 0.15) is 57.8 Å². The number of rotatable bonds is 8. The first-order valence-corrected chi connectivity index (χ1v) is 10.2. The molecule has 154 valence electrons. The number of nitrogens with two attached hydrogens (primary N) is 1. The molecule has 9 heteroatoms. The second-order valence-corrected chi connectivity index (χ2v) is 8.50. The Labute approximate surface area is 177 Å². The van der Waals surface area contributed by atoms with Gasteiger partial charge in [0.05, 0.1) is 0 Å². The number of anilines is 1. The number of carbonyl (C=O) groups is 2. The van der Waals surface area contributed by atoms with Gasteiger partial charge in [-0.05, 0) is 37.0 Å². The van der Waals surface area contributed by atoms with Crippen molar-refractivity contribution in [2.24, 2.45) is 17.1 Å². The summed E-state index contributed by atoms with van der Waals surface area (Å²) >= 11 is 1.41. The van der Waals surface area contributed by atoms with Crippen LogP contribution in [0.15, 0.2) is 11.6 Å². The maximum Gasteiger partial charge on any atom is 0.226 e. The molecule has 6 nitrogen and oxygen atoms in total. The molecular formula is C18H30Cl2N4O2S. The molecule has 3 rings (SSSR count). The number of amides is 2. The van der Waals surface area contributed by atoms with Crippen LogP contribution < -0.4 is 16.4 Å². The van der Waals surface area contributed by atoms with E-state index in [1.807, 2.05) is 5.38 Å². The third-order valence-corrected chi connectivity index (χ3v) is 6.11. The molecule has 2 saturated carbocycles. The second-order valence-electron chi connectivity index (χ2n) is 7.61. The molecule has 1 heterocycles. The molecule has 1 atom stereocenters. The lowest BCUT2D eigenvalue weighted by molar-refractivity contribution is -0.126. The Balaban J connectivity index is 0.00000182. The van der Waals surface area contributed by atoms with Crippen LogP contribution in [0, 0.1) is 11.3 Å². The molecule has 0 aromatic carbocycles. The smallest absolute Gasteiger partial charge is 0.226 e. The van der Waals surface area contributed by atoms with Gasteiger partial charge in [-0.2, -0.15) is 0 Å². The van der Waals surface area contributed by atoms with E-state index >= 15 is 0 Å². The largest absolute Gasteiger partial charge is 0.355 e. The normalized spacial score (nSPS) is 19.1. The van der Waals surface area contributed by atoms with Crippen LogP contribution in [0.25, 0.3) is 0 Å². The third kappa shape index (κ3) is 7.56. The molecular weight excluding hydrogens is 407 g/mol. The number of aromatic nitrogens is 1. The number of hydrogen-bond donors (Lipinski definition) is 3. The molecule has 0 radical (unpaired) electrons. The Morgan fingerprint density at radius 2 is 1.85 bits per heavy atom. The van der Waals surface area contributed by atoms with E-state index in [-0.39, 0.29) is 48.1 Å². The fourth-order valence-corrected chi connectivity index (χ4v) is 4.38. The summed E-state index contributed by atoms with van der Waals surface area (Å²) in [6.07, 6.45) is 10.0. The summed E-state index contributed by atoms with van der Waals surface area (Å²) in [5, 5.41) is 8.30. The van der Waals surface area contributed by atoms with Crippen LogP contribution >= 0.6 is 36.2 Å². The zero-order valence-electron chi connectivity index (χ0n) is 15.4. The van der Waals surface area contributed by atoms with Gasteiger partial charge < -0.3 is 16.4 Å². The second kappa shape index (κ2) is 11.2. The van der Waals surface area contributed by atoms with Gasteiger partial charge in [0.2, 0.25) is 11.8 Å². The number of halogens is 2. The Morgan fingerprint density at radius 3 is 2.44 bits per heavy atom. The van der Waals surface area contributed by atoms with Gasteiger partial charge in [0.15, 0.2) is 5.13 Å². The zero-order chi connectivity index (χ0) is 17.7. The average molecular weight is 437 g/mol. The molecule has 0 spiro atoms. The fraction of sp³-hybridized carbons (Fsp3) is 0.722. The molecule has 4 N–H and O–H groups in total. The highest BCUT2D eigenvalue weighted by Gasteiger charge is 2.37. The summed E-state index contributed by atoms with van der Waals surface area (Å²) in [4.78, 5) is 29.0. The Morgan fingerprint density at radius 1 is 1.19 bits per heavy atom. The number of hydrogen-bond acceptors (Lipinski definition) is 5.